The summed E-state index contributed by atoms with van der Waals surface area (Å²) in [7, 11) is 1.61. The van der Waals surface area contributed by atoms with Crippen LogP contribution in [0.25, 0.3) is 6.08 Å². The first-order chi connectivity index (χ1) is 16.9. The number of aryl methyl sites for hydroxylation is 1. The number of aliphatic imine (C=N–C) groups is 1. The van der Waals surface area contributed by atoms with Gasteiger partial charge in [0.05, 0.1) is 22.2 Å². The molecule has 1 amide bonds. The molecule has 1 aliphatic rings. The average Bonchev–Trinajstić information content (AvgIpc) is 3.14. The Balaban J connectivity index is 1.62. The predicted molar refractivity (Wildman–Crippen MR) is 147 cm³/mol. The molecule has 0 bridgehead atoms. The van der Waals surface area contributed by atoms with Crippen molar-refractivity contribution in [2.45, 2.75) is 33.4 Å². The summed E-state index contributed by atoms with van der Waals surface area (Å²) in [5.74, 6) is 1.15. The van der Waals surface area contributed by atoms with Crippen molar-refractivity contribution in [2.75, 3.05) is 7.11 Å². The molecule has 3 aromatic rings. The number of halogens is 1. The lowest BCUT2D eigenvalue weighted by Crippen LogP contribution is -2.35. The fraction of sp³-hybridized carbons (Fsp3) is 0.214. The van der Waals surface area contributed by atoms with E-state index in [1.807, 2.05) is 93.6 Å². The number of amidine groups is 1. The molecule has 180 valence electrons. The van der Waals surface area contributed by atoms with Crippen LogP contribution in [0.1, 0.15) is 30.5 Å². The zero-order valence-electron chi connectivity index (χ0n) is 20.1. The number of amides is 1. The fourth-order valence-corrected chi connectivity index (χ4v) is 5.29. The van der Waals surface area contributed by atoms with Crippen LogP contribution in [0.15, 0.2) is 81.1 Å². The summed E-state index contributed by atoms with van der Waals surface area (Å²) >= 11 is 4.99. The summed E-state index contributed by atoms with van der Waals surface area (Å²) in [6, 6.07) is 21.7. The maximum Gasteiger partial charge on any atom is 0.266 e. The van der Waals surface area contributed by atoms with Gasteiger partial charge in [-0.15, -0.1) is 0 Å². The summed E-state index contributed by atoms with van der Waals surface area (Å²) < 4.78 is 12.4. The Morgan fingerprint density at radius 2 is 1.80 bits per heavy atom. The molecule has 4 rings (SSSR count). The van der Waals surface area contributed by atoms with Crippen molar-refractivity contribution < 1.29 is 14.3 Å². The SMILES string of the molecule is COc1cc(/C=C2/SC(=Nc3ccc(C)cc3)N(C(C)C)C2=O)cc(Br)c1OCc1ccccc1. The molecular weight excluding hydrogens is 524 g/mol. The molecule has 0 N–H and O–H groups in total. The molecule has 0 atom stereocenters. The van der Waals surface area contributed by atoms with Gasteiger partial charge in [-0.3, -0.25) is 9.69 Å². The van der Waals surface area contributed by atoms with Gasteiger partial charge < -0.3 is 9.47 Å². The Morgan fingerprint density at radius 3 is 2.46 bits per heavy atom. The predicted octanol–water partition coefficient (Wildman–Crippen LogP) is 7.36. The zero-order chi connectivity index (χ0) is 24.9. The number of hydrogen-bond acceptors (Lipinski definition) is 5. The monoisotopic (exact) mass is 550 g/mol. The third-order valence-electron chi connectivity index (χ3n) is 5.39. The second kappa shape index (κ2) is 11.1. The summed E-state index contributed by atoms with van der Waals surface area (Å²) in [4.78, 5) is 20.4. The van der Waals surface area contributed by atoms with Crippen LogP contribution in [0, 0.1) is 6.92 Å². The molecule has 35 heavy (non-hydrogen) atoms. The highest BCUT2D eigenvalue weighted by atomic mass is 79.9. The molecule has 1 saturated heterocycles. The highest BCUT2D eigenvalue weighted by Gasteiger charge is 2.35. The van der Waals surface area contributed by atoms with E-state index in [2.05, 4.69) is 15.9 Å². The molecule has 0 aromatic heterocycles. The van der Waals surface area contributed by atoms with Gasteiger partial charge in [-0.1, -0.05) is 48.0 Å². The van der Waals surface area contributed by atoms with Crippen molar-refractivity contribution >= 4 is 50.5 Å². The van der Waals surface area contributed by atoms with Gasteiger partial charge in [-0.25, -0.2) is 4.99 Å². The van der Waals surface area contributed by atoms with Crippen molar-refractivity contribution in [3.63, 3.8) is 0 Å². The Bertz CT molecular complexity index is 1270. The number of hydrogen-bond donors (Lipinski definition) is 0. The van der Waals surface area contributed by atoms with Crippen LogP contribution in [0.4, 0.5) is 5.69 Å². The number of benzene rings is 3. The van der Waals surface area contributed by atoms with Gasteiger partial charge >= 0.3 is 0 Å². The van der Waals surface area contributed by atoms with Crippen LogP contribution in [0.2, 0.25) is 0 Å². The molecule has 1 heterocycles. The molecule has 0 spiro atoms. The highest BCUT2D eigenvalue weighted by molar-refractivity contribution is 9.10. The molecule has 1 fully saturated rings. The Labute approximate surface area is 219 Å². The molecule has 3 aromatic carbocycles. The molecular formula is C28H27BrN2O3S. The number of nitrogens with zero attached hydrogens (tertiary/aromatic N) is 2. The van der Waals surface area contributed by atoms with Gasteiger partial charge in [0.1, 0.15) is 6.61 Å². The smallest absolute Gasteiger partial charge is 0.266 e. The first-order valence-corrected chi connectivity index (χ1v) is 12.9. The van der Waals surface area contributed by atoms with E-state index < -0.39 is 0 Å². The van der Waals surface area contributed by atoms with E-state index in [4.69, 9.17) is 14.5 Å². The highest BCUT2D eigenvalue weighted by Crippen LogP contribution is 2.40. The molecule has 0 aliphatic carbocycles. The van der Waals surface area contributed by atoms with Crippen LogP contribution in [-0.4, -0.2) is 29.1 Å². The van der Waals surface area contributed by atoms with Gasteiger partial charge in [-0.2, -0.15) is 0 Å². The summed E-state index contributed by atoms with van der Waals surface area (Å²) in [5.41, 5.74) is 3.88. The van der Waals surface area contributed by atoms with Gasteiger partial charge in [-0.05, 0) is 89.9 Å². The van der Waals surface area contributed by atoms with Gasteiger partial charge in [0.25, 0.3) is 5.91 Å². The lowest BCUT2D eigenvalue weighted by Gasteiger charge is -2.19. The number of ether oxygens (including phenoxy) is 2. The minimum Gasteiger partial charge on any atom is -0.493 e. The molecule has 0 saturated carbocycles. The topological polar surface area (TPSA) is 51.1 Å². The standard InChI is InChI=1S/C28H27BrN2O3S/c1-18(2)31-27(32)25(35-28(31)30-22-12-10-19(3)11-13-22)16-21-14-23(29)26(24(15-21)33-4)34-17-20-8-6-5-7-9-20/h5-16,18H,17H2,1-4H3/b25-16+,30-28?. The van der Waals surface area contributed by atoms with E-state index in [1.54, 1.807) is 12.0 Å². The third kappa shape index (κ3) is 5.97. The summed E-state index contributed by atoms with van der Waals surface area (Å²) in [6.45, 7) is 6.44. The number of thioether (sulfide) groups is 1. The maximum atomic E-state index is 13.3. The number of rotatable bonds is 7. The molecule has 0 radical (unpaired) electrons. The van der Waals surface area contributed by atoms with Crippen molar-refractivity contribution in [1.29, 1.82) is 0 Å². The lowest BCUT2D eigenvalue weighted by molar-refractivity contribution is -0.123. The number of methoxy groups -OCH3 is 1. The molecule has 7 heteroatoms. The fourth-order valence-electron chi connectivity index (χ4n) is 3.59. The van der Waals surface area contributed by atoms with Crippen molar-refractivity contribution in [2.24, 2.45) is 4.99 Å². The van der Waals surface area contributed by atoms with Crippen LogP contribution in [-0.2, 0) is 11.4 Å². The Kier molecular flexibility index (Phi) is 7.98. The zero-order valence-corrected chi connectivity index (χ0v) is 22.5. The second-order valence-corrected chi connectivity index (χ2v) is 10.3. The van der Waals surface area contributed by atoms with E-state index in [9.17, 15) is 4.79 Å². The van der Waals surface area contributed by atoms with E-state index in [-0.39, 0.29) is 11.9 Å². The van der Waals surface area contributed by atoms with E-state index in [1.165, 1.54) is 17.3 Å². The first-order valence-electron chi connectivity index (χ1n) is 11.3. The quantitative estimate of drug-likeness (QED) is 0.288. The van der Waals surface area contributed by atoms with Crippen LogP contribution < -0.4 is 9.47 Å². The minimum atomic E-state index is -0.0599. The van der Waals surface area contributed by atoms with E-state index in [0.29, 0.717) is 28.2 Å². The van der Waals surface area contributed by atoms with Gasteiger partial charge in [0.2, 0.25) is 0 Å². The molecule has 5 nitrogen and oxygen atoms in total. The second-order valence-electron chi connectivity index (χ2n) is 8.42. The van der Waals surface area contributed by atoms with Crippen LogP contribution in [0.3, 0.4) is 0 Å². The third-order valence-corrected chi connectivity index (χ3v) is 6.96. The normalized spacial score (nSPS) is 15.9. The average molecular weight is 552 g/mol. The molecule has 1 aliphatic heterocycles. The minimum absolute atomic E-state index is 0.0138. The van der Waals surface area contributed by atoms with E-state index in [0.717, 1.165) is 21.3 Å². The largest absolute Gasteiger partial charge is 0.493 e. The van der Waals surface area contributed by atoms with Gasteiger partial charge in [0, 0.05) is 6.04 Å². The van der Waals surface area contributed by atoms with Crippen molar-refractivity contribution in [3.05, 3.63) is 92.8 Å². The van der Waals surface area contributed by atoms with Crippen LogP contribution >= 0.6 is 27.7 Å². The van der Waals surface area contributed by atoms with E-state index >= 15 is 0 Å². The first kappa shape index (κ1) is 25.1. The van der Waals surface area contributed by atoms with Crippen LogP contribution in [0.5, 0.6) is 11.5 Å². The van der Waals surface area contributed by atoms with Gasteiger partial charge in [0.15, 0.2) is 16.7 Å². The lowest BCUT2D eigenvalue weighted by atomic mass is 10.1. The maximum absolute atomic E-state index is 13.3. The summed E-state index contributed by atoms with van der Waals surface area (Å²) in [5, 5.41) is 0.675. The Morgan fingerprint density at radius 1 is 1.09 bits per heavy atom. The van der Waals surface area contributed by atoms with Crippen molar-refractivity contribution in [1.82, 2.24) is 4.90 Å². The number of carbonyl (C=O) groups is 1. The summed E-state index contributed by atoms with van der Waals surface area (Å²) in [6.07, 6.45) is 1.87. The Hall–Kier alpha value is -3.03. The number of carbonyl (C=O) groups excluding carboxylic acids is 1. The van der Waals surface area contributed by atoms with Crippen molar-refractivity contribution in [3.8, 4) is 11.5 Å². The molecule has 0 unspecified atom stereocenters.